The van der Waals surface area contributed by atoms with Gasteiger partial charge in [-0.3, -0.25) is 9.59 Å². The summed E-state index contributed by atoms with van der Waals surface area (Å²) in [6.07, 6.45) is 0.497. The van der Waals surface area contributed by atoms with Crippen LogP contribution in [0.3, 0.4) is 0 Å². The largest absolute Gasteiger partial charge is 0.338 e. The maximum Gasteiger partial charge on any atom is 0.252 e. The Bertz CT molecular complexity index is 1010. The highest BCUT2D eigenvalue weighted by atomic mass is 16.2. The lowest BCUT2D eigenvalue weighted by Crippen LogP contribution is -2.57. The molecule has 0 aliphatic carbocycles. The van der Waals surface area contributed by atoms with Crippen LogP contribution < -0.4 is 5.32 Å². The van der Waals surface area contributed by atoms with Crippen LogP contribution in [0.1, 0.15) is 49.2 Å². The molecular weight excluding hydrogens is 360 g/mol. The van der Waals surface area contributed by atoms with Gasteiger partial charge in [-0.05, 0) is 48.7 Å². The first-order chi connectivity index (χ1) is 13.9. The number of amides is 2. The Labute approximate surface area is 172 Å². The van der Waals surface area contributed by atoms with Crippen LogP contribution in [0.2, 0.25) is 0 Å². The lowest BCUT2D eigenvalue weighted by atomic mass is 9.93. The first-order valence-corrected chi connectivity index (χ1v) is 10.00. The molecule has 0 aliphatic heterocycles. The molecule has 0 aliphatic rings. The van der Waals surface area contributed by atoms with Crippen molar-refractivity contribution in [3.8, 4) is 0 Å². The topological polar surface area (TPSA) is 49.4 Å². The molecule has 0 radical (unpaired) electrons. The van der Waals surface area contributed by atoms with Crippen LogP contribution in [-0.2, 0) is 4.79 Å². The second-order valence-electron chi connectivity index (χ2n) is 7.67. The van der Waals surface area contributed by atoms with E-state index >= 15 is 0 Å². The summed E-state index contributed by atoms with van der Waals surface area (Å²) in [5.41, 5.74) is 0.650. The molecule has 0 spiro atoms. The molecule has 29 heavy (non-hydrogen) atoms. The molecule has 4 heteroatoms. The molecule has 0 saturated heterocycles. The van der Waals surface area contributed by atoms with E-state index < -0.39 is 5.54 Å². The van der Waals surface area contributed by atoms with Crippen LogP contribution in [0.5, 0.6) is 0 Å². The fraction of sp³-hybridized carbons (Fsp3) is 0.280. The quantitative estimate of drug-likeness (QED) is 0.649. The van der Waals surface area contributed by atoms with E-state index in [9.17, 15) is 9.59 Å². The first kappa shape index (κ1) is 20.6. The Morgan fingerprint density at radius 2 is 1.59 bits per heavy atom. The van der Waals surface area contributed by atoms with Crippen molar-refractivity contribution < 1.29 is 9.59 Å². The maximum atomic E-state index is 13.4. The minimum absolute atomic E-state index is 0.107. The van der Waals surface area contributed by atoms with Crippen molar-refractivity contribution in [3.05, 3.63) is 83.9 Å². The number of fused-ring (bicyclic) bond motifs is 1. The number of carbonyl (C=O) groups is 2. The normalized spacial score (nSPS) is 14.1. The number of nitrogens with one attached hydrogen (secondary N) is 1. The van der Waals surface area contributed by atoms with Gasteiger partial charge in [-0.25, -0.2) is 0 Å². The number of rotatable bonds is 6. The van der Waals surface area contributed by atoms with E-state index in [1.807, 2.05) is 50.2 Å². The van der Waals surface area contributed by atoms with Crippen molar-refractivity contribution >= 4 is 22.6 Å². The number of nitrogens with zero attached hydrogens (tertiary/aromatic N) is 1. The number of hydrogen-bond acceptors (Lipinski definition) is 2. The average molecular weight is 389 g/mol. The van der Waals surface area contributed by atoms with Gasteiger partial charge in [0.1, 0.15) is 5.54 Å². The predicted molar refractivity (Wildman–Crippen MR) is 118 cm³/mol. The van der Waals surface area contributed by atoms with Crippen LogP contribution in [0.15, 0.2) is 72.8 Å². The third-order valence-electron chi connectivity index (χ3n) is 5.78. The zero-order valence-electron chi connectivity index (χ0n) is 17.5. The monoisotopic (exact) mass is 388 g/mol. The van der Waals surface area contributed by atoms with E-state index in [0.717, 1.165) is 16.3 Å². The van der Waals surface area contributed by atoms with E-state index in [1.165, 1.54) is 0 Å². The van der Waals surface area contributed by atoms with E-state index in [0.29, 0.717) is 12.0 Å². The molecule has 0 saturated carbocycles. The lowest BCUT2D eigenvalue weighted by molar-refractivity contribution is -0.138. The van der Waals surface area contributed by atoms with Gasteiger partial charge in [0.25, 0.3) is 5.91 Å². The van der Waals surface area contributed by atoms with E-state index in [4.69, 9.17) is 0 Å². The second kappa shape index (κ2) is 8.48. The SMILES string of the molecule is CC[C@@](C)(NC(=O)c1ccccc1)C(=O)N(C)[C@H](C)c1cccc2ccccc12. The summed E-state index contributed by atoms with van der Waals surface area (Å²) in [5, 5.41) is 5.23. The zero-order chi connectivity index (χ0) is 21.0. The molecule has 2 amide bonds. The number of carbonyl (C=O) groups excluding carboxylic acids is 2. The zero-order valence-corrected chi connectivity index (χ0v) is 17.5. The van der Waals surface area contributed by atoms with Crippen LogP contribution >= 0.6 is 0 Å². The summed E-state index contributed by atoms with van der Waals surface area (Å²) in [4.78, 5) is 27.8. The molecule has 4 nitrogen and oxygen atoms in total. The highest BCUT2D eigenvalue weighted by Gasteiger charge is 2.37. The highest BCUT2D eigenvalue weighted by Crippen LogP contribution is 2.29. The van der Waals surface area contributed by atoms with Crippen LogP contribution in [-0.4, -0.2) is 29.3 Å². The summed E-state index contributed by atoms with van der Waals surface area (Å²) < 4.78 is 0. The third kappa shape index (κ3) is 4.16. The average Bonchev–Trinajstić information content (AvgIpc) is 2.77. The fourth-order valence-electron chi connectivity index (χ4n) is 3.59. The number of benzene rings is 3. The van der Waals surface area contributed by atoms with Gasteiger partial charge in [0.15, 0.2) is 0 Å². The number of hydrogen-bond donors (Lipinski definition) is 1. The molecule has 3 aromatic rings. The van der Waals surface area contributed by atoms with Gasteiger partial charge < -0.3 is 10.2 Å². The minimum atomic E-state index is -0.986. The van der Waals surface area contributed by atoms with Crippen molar-refractivity contribution in [2.24, 2.45) is 0 Å². The first-order valence-electron chi connectivity index (χ1n) is 10.00. The summed E-state index contributed by atoms with van der Waals surface area (Å²) in [6.45, 7) is 5.73. The van der Waals surface area contributed by atoms with Gasteiger partial charge in [-0.2, -0.15) is 0 Å². The molecular formula is C25H28N2O2. The molecule has 0 unspecified atom stereocenters. The smallest absolute Gasteiger partial charge is 0.252 e. The van der Waals surface area contributed by atoms with Crippen molar-refractivity contribution in [3.63, 3.8) is 0 Å². The van der Waals surface area contributed by atoms with Crippen LogP contribution in [0.4, 0.5) is 0 Å². The molecule has 3 rings (SSSR count). The van der Waals surface area contributed by atoms with Crippen molar-refractivity contribution in [2.45, 2.75) is 38.8 Å². The van der Waals surface area contributed by atoms with Gasteiger partial charge in [-0.1, -0.05) is 67.6 Å². The van der Waals surface area contributed by atoms with Crippen LogP contribution in [0.25, 0.3) is 10.8 Å². The predicted octanol–water partition coefficient (Wildman–Crippen LogP) is 4.96. The summed E-state index contributed by atoms with van der Waals surface area (Å²) in [5.74, 6) is -0.348. The Morgan fingerprint density at radius 1 is 0.966 bits per heavy atom. The Kier molecular flexibility index (Phi) is 6.02. The summed E-state index contributed by atoms with van der Waals surface area (Å²) in [6, 6.07) is 23.2. The maximum absolute atomic E-state index is 13.4. The van der Waals surface area contributed by atoms with Gasteiger partial charge in [0.2, 0.25) is 5.91 Å². The highest BCUT2D eigenvalue weighted by molar-refractivity contribution is 5.99. The van der Waals surface area contributed by atoms with Crippen molar-refractivity contribution in [1.82, 2.24) is 10.2 Å². The van der Waals surface area contributed by atoms with Crippen LogP contribution in [0, 0.1) is 0 Å². The Morgan fingerprint density at radius 3 is 2.28 bits per heavy atom. The molecule has 150 valence electrons. The van der Waals surface area contributed by atoms with E-state index in [2.05, 4.69) is 29.6 Å². The lowest BCUT2D eigenvalue weighted by Gasteiger charge is -2.36. The van der Waals surface area contributed by atoms with Gasteiger partial charge >= 0.3 is 0 Å². The van der Waals surface area contributed by atoms with E-state index in [-0.39, 0.29) is 17.9 Å². The van der Waals surface area contributed by atoms with Crippen molar-refractivity contribution in [2.75, 3.05) is 7.05 Å². The van der Waals surface area contributed by atoms with Gasteiger partial charge in [-0.15, -0.1) is 0 Å². The molecule has 0 fully saturated rings. The second-order valence-corrected chi connectivity index (χ2v) is 7.67. The Hall–Kier alpha value is -3.14. The molecule has 0 bridgehead atoms. The third-order valence-corrected chi connectivity index (χ3v) is 5.78. The van der Waals surface area contributed by atoms with Crippen molar-refractivity contribution in [1.29, 1.82) is 0 Å². The molecule has 0 aromatic heterocycles. The van der Waals surface area contributed by atoms with Gasteiger partial charge in [0.05, 0.1) is 6.04 Å². The molecule has 0 heterocycles. The molecule has 1 N–H and O–H groups in total. The summed E-state index contributed by atoms with van der Waals surface area (Å²) >= 11 is 0. The fourth-order valence-corrected chi connectivity index (χ4v) is 3.59. The summed E-state index contributed by atoms with van der Waals surface area (Å²) in [7, 11) is 1.80. The van der Waals surface area contributed by atoms with Gasteiger partial charge in [0, 0.05) is 12.6 Å². The number of likely N-dealkylation sites (N-methyl/N-ethyl adjacent to an activating group) is 1. The molecule has 2 atom stereocenters. The van der Waals surface area contributed by atoms with E-state index in [1.54, 1.807) is 31.0 Å². The standard InChI is InChI=1S/C25H28N2O2/c1-5-25(3,26-23(28)20-13-7-6-8-14-20)24(29)27(4)18(2)21-17-11-15-19-12-9-10-16-22(19)21/h6-18H,5H2,1-4H3,(H,26,28)/t18-,25-/m1/s1. The Balaban J connectivity index is 1.85. The minimum Gasteiger partial charge on any atom is -0.338 e. The molecule has 3 aromatic carbocycles.